The third kappa shape index (κ3) is 5.33. The third-order valence-corrected chi connectivity index (χ3v) is 3.40. The standard InChI is InChI=1S/C15H25NO/c1-12(11-17)14(3)16-13(2)9-10-15-7-5-4-6-8-15/h4-8,12-14,16-17H,9-11H2,1-3H3. The van der Waals surface area contributed by atoms with Gasteiger partial charge in [-0.05, 0) is 38.2 Å². The topological polar surface area (TPSA) is 32.3 Å². The molecule has 1 aromatic rings. The van der Waals surface area contributed by atoms with Crippen molar-refractivity contribution in [2.24, 2.45) is 5.92 Å². The van der Waals surface area contributed by atoms with Gasteiger partial charge in [0.05, 0.1) is 0 Å². The molecule has 1 aromatic carbocycles. The number of aryl methyl sites for hydroxylation is 1. The number of benzene rings is 1. The minimum atomic E-state index is 0.250. The summed E-state index contributed by atoms with van der Waals surface area (Å²) in [4.78, 5) is 0. The average molecular weight is 235 g/mol. The van der Waals surface area contributed by atoms with E-state index in [1.165, 1.54) is 5.56 Å². The maximum Gasteiger partial charge on any atom is 0.0471 e. The van der Waals surface area contributed by atoms with E-state index in [1.54, 1.807) is 0 Å². The molecule has 2 nitrogen and oxygen atoms in total. The maximum absolute atomic E-state index is 9.09. The summed E-state index contributed by atoms with van der Waals surface area (Å²) in [5.74, 6) is 0.314. The minimum absolute atomic E-state index is 0.250. The summed E-state index contributed by atoms with van der Waals surface area (Å²) in [6.07, 6.45) is 2.24. The summed E-state index contributed by atoms with van der Waals surface area (Å²) in [5, 5.41) is 12.6. The molecule has 96 valence electrons. The molecular formula is C15H25NO. The van der Waals surface area contributed by atoms with Crippen LogP contribution < -0.4 is 5.32 Å². The lowest BCUT2D eigenvalue weighted by molar-refractivity contribution is 0.201. The predicted octanol–water partition coefficient (Wildman–Crippen LogP) is 2.61. The second-order valence-electron chi connectivity index (χ2n) is 5.04. The van der Waals surface area contributed by atoms with E-state index in [0.717, 1.165) is 12.8 Å². The lowest BCUT2D eigenvalue weighted by atomic mass is 10.0. The maximum atomic E-state index is 9.09. The fourth-order valence-corrected chi connectivity index (χ4v) is 1.88. The van der Waals surface area contributed by atoms with Gasteiger partial charge in [0.15, 0.2) is 0 Å². The molecule has 0 saturated carbocycles. The molecule has 0 radical (unpaired) electrons. The van der Waals surface area contributed by atoms with Gasteiger partial charge in [0, 0.05) is 18.7 Å². The van der Waals surface area contributed by atoms with E-state index in [2.05, 4.69) is 56.4 Å². The molecule has 2 N–H and O–H groups in total. The number of rotatable bonds is 7. The molecule has 3 unspecified atom stereocenters. The smallest absolute Gasteiger partial charge is 0.0471 e. The van der Waals surface area contributed by atoms with Gasteiger partial charge in [-0.2, -0.15) is 0 Å². The van der Waals surface area contributed by atoms with Crippen molar-refractivity contribution in [3.05, 3.63) is 35.9 Å². The summed E-state index contributed by atoms with van der Waals surface area (Å²) in [7, 11) is 0. The van der Waals surface area contributed by atoms with Crippen molar-refractivity contribution in [1.82, 2.24) is 5.32 Å². The van der Waals surface area contributed by atoms with Gasteiger partial charge in [-0.3, -0.25) is 0 Å². The van der Waals surface area contributed by atoms with Crippen LogP contribution >= 0.6 is 0 Å². The van der Waals surface area contributed by atoms with Crippen LogP contribution in [0.15, 0.2) is 30.3 Å². The van der Waals surface area contributed by atoms with Gasteiger partial charge in [0.2, 0.25) is 0 Å². The van der Waals surface area contributed by atoms with Crippen molar-refractivity contribution < 1.29 is 5.11 Å². The normalized spacial score (nSPS) is 16.5. The number of hydrogen-bond acceptors (Lipinski definition) is 2. The van der Waals surface area contributed by atoms with Gasteiger partial charge in [-0.1, -0.05) is 37.3 Å². The minimum Gasteiger partial charge on any atom is -0.396 e. The quantitative estimate of drug-likeness (QED) is 0.761. The first-order chi connectivity index (χ1) is 8.13. The van der Waals surface area contributed by atoms with E-state index >= 15 is 0 Å². The summed E-state index contributed by atoms with van der Waals surface area (Å²) >= 11 is 0. The Labute approximate surface area is 105 Å². The molecule has 3 atom stereocenters. The van der Waals surface area contributed by atoms with Gasteiger partial charge in [-0.15, -0.1) is 0 Å². The molecule has 0 spiro atoms. The summed E-state index contributed by atoms with van der Waals surface area (Å²) in [6, 6.07) is 11.4. The van der Waals surface area contributed by atoms with Gasteiger partial charge in [-0.25, -0.2) is 0 Å². The first-order valence-corrected chi connectivity index (χ1v) is 6.54. The molecule has 1 rings (SSSR count). The zero-order valence-electron chi connectivity index (χ0n) is 11.2. The highest BCUT2D eigenvalue weighted by molar-refractivity contribution is 5.14. The Bertz CT molecular complexity index is 299. The summed E-state index contributed by atoms with van der Waals surface area (Å²) < 4.78 is 0. The molecule has 0 heterocycles. The fourth-order valence-electron chi connectivity index (χ4n) is 1.88. The first kappa shape index (κ1) is 14.2. The first-order valence-electron chi connectivity index (χ1n) is 6.54. The monoisotopic (exact) mass is 235 g/mol. The third-order valence-electron chi connectivity index (χ3n) is 3.40. The predicted molar refractivity (Wildman–Crippen MR) is 73.1 cm³/mol. The van der Waals surface area contributed by atoms with E-state index in [-0.39, 0.29) is 6.61 Å². The number of nitrogens with one attached hydrogen (secondary N) is 1. The molecule has 0 fully saturated rings. The van der Waals surface area contributed by atoms with Crippen LogP contribution in [0.2, 0.25) is 0 Å². The van der Waals surface area contributed by atoms with Gasteiger partial charge in [0.25, 0.3) is 0 Å². The second-order valence-corrected chi connectivity index (χ2v) is 5.04. The molecule has 0 aliphatic rings. The molecule has 0 aromatic heterocycles. The summed E-state index contributed by atoms with van der Waals surface area (Å²) in [5.41, 5.74) is 1.39. The zero-order chi connectivity index (χ0) is 12.7. The van der Waals surface area contributed by atoms with E-state index in [4.69, 9.17) is 5.11 Å². The van der Waals surface area contributed by atoms with Crippen LogP contribution in [0.3, 0.4) is 0 Å². The lowest BCUT2D eigenvalue weighted by Crippen LogP contribution is -2.39. The zero-order valence-corrected chi connectivity index (χ0v) is 11.2. The van der Waals surface area contributed by atoms with Crippen molar-refractivity contribution in [2.45, 2.75) is 45.7 Å². The SMILES string of the molecule is CC(CCc1ccccc1)NC(C)C(C)CO. The Morgan fingerprint density at radius 3 is 2.35 bits per heavy atom. The molecule has 0 aliphatic heterocycles. The highest BCUT2D eigenvalue weighted by Gasteiger charge is 2.13. The van der Waals surface area contributed by atoms with Crippen LogP contribution in [0, 0.1) is 5.92 Å². The Hall–Kier alpha value is -0.860. The Balaban J connectivity index is 2.28. The number of aliphatic hydroxyl groups excluding tert-OH is 1. The van der Waals surface area contributed by atoms with Crippen LogP contribution in [0.5, 0.6) is 0 Å². The molecule has 2 heteroatoms. The van der Waals surface area contributed by atoms with Crippen LogP contribution in [0.4, 0.5) is 0 Å². The number of hydrogen-bond donors (Lipinski definition) is 2. The van der Waals surface area contributed by atoms with E-state index < -0.39 is 0 Å². The van der Waals surface area contributed by atoms with Crippen LogP contribution in [0.25, 0.3) is 0 Å². The van der Waals surface area contributed by atoms with Gasteiger partial charge in [0.1, 0.15) is 0 Å². The van der Waals surface area contributed by atoms with E-state index in [1.807, 2.05) is 0 Å². The van der Waals surface area contributed by atoms with E-state index in [0.29, 0.717) is 18.0 Å². The van der Waals surface area contributed by atoms with Crippen molar-refractivity contribution in [2.75, 3.05) is 6.61 Å². The highest BCUT2D eigenvalue weighted by Crippen LogP contribution is 2.07. The molecule has 0 saturated heterocycles. The second kappa shape index (κ2) is 7.46. The van der Waals surface area contributed by atoms with Crippen molar-refractivity contribution >= 4 is 0 Å². The molecule has 0 aliphatic carbocycles. The molecular weight excluding hydrogens is 210 g/mol. The summed E-state index contributed by atoms with van der Waals surface area (Å²) in [6.45, 7) is 6.67. The number of aliphatic hydroxyl groups is 1. The van der Waals surface area contributed by atoms with Crippen LogP contribution in [-0.2, 0) is 6.42 Å². The van der Waals surface area contributed by atoms with Crippen molar-refractivity contribution in [3.63, 3.8) is 0 Å². The Morgan fingerprint density at radius 1 is 1.12 bits per heavy atom. The van der Waals surface area contributed by atoms with Crippen molar-refractivity contribution in [1.29, 1.82) is 0 Å². The van der Waals surface area contributed by atoms with Crippen LogP contribution in [-0.4, -0.2) is 23.8 Å². The fraction of sp³-hybridized carbons (Fsp3) is 0.600. The lowest BCUT2D eigenvalue weighted by Gasteiger charge is -2.24. The highest BCUT2D eigenvalue weighted by atomic mass is 16.3. The molecule has 0 bridgehead atoms. The van der Waals surface area contributed by atoms with E-state index in [9.17, 15) is 0 Å². The van der Waals surface area contributed by atoms with Gasteiger partial charge >= 0.3 is 0 Å². The average Bonchev–Trinajstić information content (AvgIpc) is 2.36. The Morgan fingerprint density at radius 2 is 1.76 bits per heavy atom. The Kier molecular flexibility index (Phi) is 6.23. The van der Waals surface area contributed by atoms with Crippen LogP contribution in [0.1, 0.15) is 32.8 Å². The molecule has 0 amide bonds. The largest absolute Gasteiger partial charge is 0.396 e. The van der Waals surface area contributed by atoms with Gasteiger partial charge < -0.3 is 10.4 Å². The van der Waals surface area contributed by atoms with Crippen molar-refractivity contribution in [3.8, 4) is 0 Å². The molecule has 17 heavy (non-hydrogen) atoms.